The van der Waals surface area contributed by atoms with Crippen LogP contribution in [0.2, 0.25) is 0 Å². The number of nitrogens with one attached hydrogen (secondary N) is 1. The van der Waals surface area contributed by atoms with E-state index in [1.807, 2.05) is 24.3 Å². The molecule has 0 spiro atoms. The summed E-state index contributed by atoms with van der Waals surface area (Å²) in [6, 6.07) is 18.9. The smallest absolute Gasteiger partial charge is 0.251 e. The zero-order valence-corrected chi connectivity index (χ0v) is 20.3. The molecule has 4 nitrogen and oxygen atoms in total. The number of hydrogen-bond acceptors (Lipinski definition) is 3. The van der Waals surface area contributed by atoms with E-state index in [4.69, 9.17) is 4.74 Å². The van der Waals surface area contributed by atoms with Crippen molar-refractivity contribution in [3.05, 3.63) is 119 Å². The summed E-state index contributed by atoms with van der Waals surface area (Å²) in [5, 5.41) is 12.1. The zero-order valence-electron chi connectivity index (χ0n) is 18.7. The van der Waals surface area contributed by atoms with Gasteiger partial charge in [0.1, 0.15) is 5.75 Å². The van der Waals surface area contributed by atoms with Gasteiger partial charge in [-0.25, -0.2) is 4.39 Å². The number of anilines is 1. The Hall–Kier alpha value is -3.64. The predicted octanol–water partition coefficient (Wildman–Crippen LogP) is 7.07. The predicted molar refractivity (Wildman–Crippen MR) is 138 cm³/mol. The molecule has 3 aromatic carbocycles. The summed E-state index contributed by atoms with van der Waals surface area (Å²) in [6.07, 6.45) is 5.73. The van der Waals surface area contributed by atoms with Crippen LogP contribution in [0.15, 0.2) is 102 Å². The molecule has 0 aliphatic heterocycles. The van der Waals surface area contributed by atoms with Gasteiger partial charge in [-0.2, -0.15) is 0 Å². The van der Waals surface area contributed by atoms with Crippen molar-refractivity contribution in [1.29, 1.82) is 0 Å². The van der Waals surface area contributed by atoms with Gasteiger partial charge in [-0.05, 0) is 60.0 Å². The maximum absolute atomic E-state index is 14.5. The van der Waals surface area contributed by atoms with Crippen molar-refractivity contribution in [2.24, 2.45) is 0 Å². The molecule has 1 amide bonds. The summed E-state index contributed by atoms with van der Waals surface area (Å²) in [7, 11) is 0. The van der Waals surface area contributed by atoms with Crippen LogP contribution >= 0.6 is 15.9 Å². The number of benzene rings is 3. The van der Waals surface area contributed by atoms with Crippen molar-refractivity contribution >= 4 is 33.1 Å². The lowest BCUT2D eigenvalue weighted by atomic mass is 10.0. The van der Waals surface area contributed by atoms with Gasteiger partial charge in [0.05, 0.1) is 6.61 Å². The molecule has 0 bridgehead atoms. The number of amides is 1. The second-order valence-electron chi connectivity index (χ2n) is 7.55. The number of aromatic hydroxyl groups is 1. The van der Waals surface area contributed by atoms with Crippen molar-refractivity contribution in [2.75, 3.05) is 11.9 Å². The van der Waals surface area contributed by atoms with Crippen molar-refractivity contribution < 1.29 is 19.0 Å². The van der Waals surface area contributed by atoms with Gasteiger partial charge in [-0.3, -0.25) is 4.79 Å². The highest BCUT2D eigenvalue weighted by Crippen LogP contribution is 2.23. The molecule has 3 rings (SSSR count). The van der Waals surface area contributed by atoms with Crippen LogP contribution in [0.5, 0.6) is 11.5 Å². The molecule has 34 heavy (non-hydrogen) atoms. The summed E-state index contributed by atoms with van der Waals surface area (Å²) >= 11 is 3.43. The molecule has 0 saturated heterocycles. The molecule has 6 heteroatoms. The zero-order chi connectivity index (χ0) is 24.5. The van der Waals surface area contributed by atoms with Gasteiger partial charge < -0.3 is 15.2 Å². The molecule has 174 valence electrons. The molecule has 0 unspecified atom stereocenters. The number of ether oxygens (including phenoxy) is 1. The van der Waals surface area contributed by atoms with Crippen molar-refractivity contribution in [1.82, 2.24) is 0 Å². The van der Waals surface area contributed by atoms with Crippen molar-refractivity contribution in [3.63, 3.8) is 0 Å². The molecule has 0 atom stereocenters. The largest absolute Gasteiger partial charge is 0.508 e. The Labute approximate surface area is 207 Å². The first-order valence-corrected chi connectivity index (χ1v) is 11.4. The monoisotopic (exact) mass is 521 g/mol. The Balaban J connectivity index is 1.59. The summed E-state index contributed by atoms with van der Waals surface area (Å²) in [5.41, 5.74) is 3.51. The van der Waals surface area contributed by atoms with E-state index in [2.05, 4.69) is 27.8 Å². The number of halogens is 2. The number of carbonyl (C=O) groups excluding carboxylic acids is 1. The van der Waals surface area contributed by atoms with E-state index < -0.39 is 5.82 Å². The van der Waals surface area contributed by atoms with Gasteiger partial charge in [0.15, 0.2) is 11.6 Å². The lowest BCUT2D eigenvalue weighted by Crippen LogP contribution is -2.13. The number of phenolic OH excluding ortho intramolecular Hbond substituents is 1. The van der Waals surface area contributed by atoms with E-state index in [0.717, 1.165) is 21.2 Å². The van der Waals surface area contributed by atoms with Gasteiger partial charge in [0.25, 0.3) is 5.91 Å². The number of hydrogen-bond donors (Lipinski definition) is 2. The molecule has 2 N–H and O–H groups in total. The minimum atomic E-state index is -0.546. The van der Waals surface area contributed by atoms with Gasteiger partial charge in [-0.15, -0.1) is 0 Å². The average molecular weight is 522 g/mol. The van der Waals surface area contributed by atoms with Crippen LogP contribution in [0, 0.1) is 5.82 Å². The third-order valence-corrected chi connectivity index (χ3v) is 5.51. The van der Waals surface area contributed by atoms with E-state index in [1.54, 1.807) is 55.5 Å². The molecule has 0 radical (unpaired) electrons. The fourth-order valence-electron chi connectivity index (χ4n) is 3.12. The van der Waals surface area contributed by atoms with Crippen LogP contribution < -0.4 is 10.1 Å². The van der Waals surface area contributed by atoms with Crippen LogP contribution in [-0.2, 0) is 11.2 Å². The van der Waals surface area contributed by atoms with E-state index in [0.29, 0.717) is 24.3 Å². The van der Waals surface area contributed by atoms with E-state index >= 15 is 0 Å². The molecule has 3 aromatic rings. The molecular formula is C28H25BrFNO3. The first-order chi connectivity index (χ1) is 16.4. The topological polar surface area (TPSA) is 58.6 Å². The molecule has 0 saturated carbocycles. The molecule has 0 aromatic heterocycles. The highest BCUT2D eigenvalue weighted by Gasteiger charge is 2.09. The number of phenols is 1. The Morgan fingerprint density at radius 3 is 2.56 bits per heavy atom. The third-order valence-electron chi connectivity index (χ3n) is 5.02. The first-order valence-electron chi connectivity index (χ1n) is 10.6. The minimum absolute atomic E-state index is 0.132. The van der Waals surface area contributed by atoms with Gasteiger partial charge in [0.2, 0.25) is 0 Å². The quantitative estimate of drug-likeness (QED) is 0.234. The van der Waals surface area contributed by atoms with Gasteiger partial charge in [0, 0.05) is 28.2 Å². The molecule has 0 aliphatic carbocycles. The maximum Gasteiger partial charge on any atom is 0.251 e. The lowest BCUT2D eigenvalue weighted by Gasteiger charge is -2.10. The second-order valence-corrected chi connectivity index (χ2v) is 8.47. The summed E-state index contributed by atoms with van der Waals surface area (Å²) in [6.45, 7) is 5.79. The van der Waals surface area contributed by atoms with Crippen LogP contribution in [0.3, 0.4) is 0 Å². The van der Waals surface area contributed by atoms with Crippen molar-refractivity contribution in [2.45, 2.75) is 13.3 Å². The van der Waals surface area contributed by atoms with Crippen LogP contribution in [0.4, 0.5) is 10.1 Å². The van der Waals surface area contributed by atoms with E-state index in [9.17, 15) is 14.3 Å². The second kappa shape index (κ2) is 12.0. The highest BCUT2D eigenvalue weighted by atomic mass is 79.9. The van der Waals surface area contributed by atoms with Gasteiger partial charge in [-0.1, -0.05) is 65.0 Å². The highest BCUT2D eigenvalue weighted by molar-refractivity contribution is 9.10. The maximum atomic E-state index is 14.5. The fourth-order valence-corrected chi connectivity index (χ4v) is 3.57. The summed E-state index contributed by atoms with van der Waals surface area (Å²) in [5.74, 6) is -0.595. The van der Waals surface area contributed by atoms with Crippen LogP contribution in [0.25, 0.3) is 5.57 Å². The minimum Gasteiger partial charge on any atom is -0.508 e. The Morgan fingerprint density at radius 1 is 1.12 bits per heavy atom. The Morgan fingerprint density at radius 2 is 1.88 bits per heavy atom. The Bertz CT molecular complexity index is 1230. The molecular weight excluding hydrogens is 497 g/mol. The normalized spacial score (nSPS) is 11.7. The lowest BCUT2D eigenvalue weighted by molar-refractivity contribution is -0.112. The fraction of sp³-hybridized carbons (Fsp3) is 0.107. The van der Waals surface area contributed by atoms with Gasteiger partial charge >= 0.3 is 0 Å². The van der Waals surface area contributed by atoms with E-state index in [1.165, 1.54) is 12.1 Å². The first kappa shape index (κ1) is 25.0. The van der Waals surface area contributed by atoms with Crippen LogP contribution in [0.1, 0.15) is 18.1 Å². The SMILES string of the molecule is C=C/C(=C\C=C(/C)C(=O)Nc1ccc(OCCc2cccc(Br)c2)c(F)c1)c1ccc(O)cc1. The number of allylic oxidation sites excluding steroid dienone is 4. The summed E-state index contributed by atoms with van der Waals surface area (Å²) in [4.78, 5) is 12.5. The molecule has 0 heterocycles. The standard InChI is InChI=1S/C28H25BrFNO3/c1-3-21(22-9-12-25(32)13-10-22)8-7-19(2)28(33)31-24-11-14-27(26(30)18-24)34-16-15-20-5-4-6-23(29)17-20/h3-14,17-18,32H,1,15-16H2,2H3,(H,31,33)/b19-7+,21-8+. The molecule has 0 fully saturated rings. The number of carbonyl (C=O) groups is 1. The van der Waals surface area contributed by atoms with E-state index in [-0.39, 0.29) is 17.4 Å². The Kier molecular flexibility index (Phi) is 8.82. The molecule has 0 aliphatic rings. The van der Waals surface area contributed by atoms with Crippen molar-refractivity contribution in [3.8, 4) is 11.5 Å². The third kappa shape index (κ3) is 7.18. The van der Waals surface area contributed by atoms with Crippen LogP contribution in [-0.4, -0.2) is 17.6 Å². The average Bonchev–Trinajstić information content (AvgIpc) is 2.82. The summed E-state index contributed by atoms with van der Waals surface area (Å²) < 4.78 is 21.0. The number of rotatable bonds is 9.